The first kappa shape index (κ1) is 16.1. The normalized spacial score (nSPS) is 18.6. The van der Waals surface area contributed by atoms with Crippen LogP contribution in [0.25, 0.3) is 0 Å². The van der Waals surface area contributed by atoms with Crippen molar-refractivity contribution in [1.82, 2.24) is 15.1 Å². The van der Waals surface area contributed by atoms with Crippen LogP contribution >= 0.6 is 0 Å². The van der Waals surface area contributed by atoms with Gasteiger partial charge in [0.1, 0.15) is 6.54 Å². The van der Waals surface area contributed by atoms with Gasteiger partial charge in [0.2, 0.25) is 11.8 Å². The summed E-state index contributed by atoms with van der Waals surface area (Å²) in [5, 5.41) is 6.19. The highest BCUT2D eigenvalue weighted by molar-refractivity contribution is 6.00. The molecule has 0 unspecified atom stereocenters. The Labute approximate surface area is 124 Å². The maximum atomic E-state index is 12.3. The molecule has 2 rings (SSSR count). The molecular weight excluding hydrogens is 301 g/mol. The zero-order valence-electron chi connectivity index (χ0n) is 11.6. The topological polar surface area (TPSA) is 67.2 Å². The Hall–Kier alpha value is -2.32. The third-order valence-electron chi connectivity index (χ3n) is 3.19. The lowest BCUT2D eigenvalue weighted by molar-refractivity contribution is -0.142. The lowest BCUT2D eigenvalue weighted by Crippen LogP contribution is -2.32. The Morgan fingerprint density at radius 3 is 2.91 bits per heavy atom. The molecule has 1 aliphatic heterocycles. The Morgan fingerprint density at radius 1 is 1.55 bits per heavy atom. The molecule has 0 spiro atoms. The number of hydrogen-bond donors (Lipinski definition) is 1. The van der Waals surface area contributed by atoms with E-state index in [1.807, 2.05) is 0 Å². The second-order valence-corrected chi connectivity index (χ2v) is 4.95. The van der Waals surface area contributed by atoms with Gasteiger partial charge >= 0.3 is 6.18 Å². The fourth-order valence-electron chi connectivity index (χ4n) is 2.21. The molecule has 120 valence electrons. The molecule has 1 atom stereocenters. The van der Waals surface area contributed by atoms with E-state index in [1.54, 1.807) is 0 Å². The number of aromatic nitrogens is 2. The minimum Gasteiger partial charge on any atom is -0.352 e. The van der Waals surface area contributed by atoms with E-state index in [0.29, 0.717) is 11.2 Å². The average molecular weight is 316 g/mol. The van der Waals surface area contributed by atoms with Gasteiger partial charge < -0.3 is 10.2 Å². The summed E-state index contributed by atoms with van der Waals surface area (Å²) in [5.74, 6) is -1.12. The molecule has 9 heteroatoms. The summed E-state index contributed by atoms with van der Waals surface area (Å²) < 4.78 is 37.6. The van der Waals surface area contributed by atoms with Crippen molar-refractivity contribution in [2.24, 2.45) is 5.92 Å². The van der Waals surface area contributed by atoms with Crippen molar-refractivity contribution < 1.29 is 22.8 Å². The molecule has 1 fully saturated rings. The van der Waals surface area contributed by atoms with Gasteiger partial charge in [-0.2, -0.15) is 18.3 Å². The smallest absolute Gasteiger partial charge is 0.352 e. The number of hydrogen-bond acceptors (Lipinski definition) is 3. The van der Waals surface area contributed by atoms with E-state index in [-0.39, 0.29) is 30.5 Å². The van der Waals surface area contributed by atoms with Gasteiger partial charge in [0.05, 0.1) is 17.8 Å². The highest BCUT2D eigenvalue weighted by Gasteiger charge is 2.36. The van der Waals surface area contributed by atoms with Crippen molar-refractivity contribution >= 4 is 17.5 Å². The number of halogens is 3. The zero-order valence-corrected chi connectivity index (χ0v) is 11.6. The molecule has 1 aliphatic rings. The fraction of sp³-hybridized carbons (Fsp3) is 0.462. The number of anilines is 1. The molecule has 1 aromatic rings. The van der Waals surface area contributed by atoms with Gasteiger partial charge in [0, 0.05) is 25.7 Å². The second kappa shape index (κ2) is 6.20. The molecule has 0 bridgehead atoms. The first-order valence-corrected chi connectivity index (χ1v) is 6.58. The molecule has 1 saturated heterocycles. The minimum atomic E-state index is -4.38. The second-order valence-electron chi connectivity index (χ2n) is 4.95. The number of nitrogens with zero attached hydrogens (tertiary/aromatic N) is 3. The van der Waals surface area contributed by atoms with Crippen LogP contribution in [-0.2, 0) is 16.1 Å². The summed E-state index contributed by atoms with van der Waals surface area (Å²) in [7, 11) is 0. The van der Waals surface area contributed by atoms with Crippen LogP contribution in [0, 0.1) is 5.92 Å². The summed E-state index contributed by atoms with van der Waals surface area (Å²) in [6.07, 6.45) is -0.504. The lowest BCUT2D eigenvalue weighted by atomic mass is 10.1. The highest BCUT2D eigenvalue weighted by Crippen LogP contribution is 2.26. The molecule has 1 N–H and O–H groups in total. The standard InChI is InChI=1S/C13H15F3N4O2/c1-2-3-17-12(22)9-4-11(21)20(6-9)10-5-18-19(7-10)8-13(14,15)16/h2,5,7,9H,1,3-4,6,8H2,(H,17,22)/t9-/m1/s1. The molecule has 0 aromatic carbocycles. The van der Waals surface area contributed by atoms with Crippen LogP contribution in [-0.4, -0.2) is 40.9 Å². The molecular formula is C13H15F3N4O2. The van der Waals surface area contributed by atoms with E-state index in [1.165, 1.54) is 17.2 Å². The fourth-order valence-corrected chi connectivity index (χ4v) is 2.21. The predicted octanol–water partition coefficient (Wildman–Crippen LogP) is 1.10. The van der Waals surface area contributed by atoms with Crippen LogP contribution in [0.5, 0.6) is 0 Å². The third kappa shape index (κ3) is 3.86. The summed E-state index contributed by atoms with van der Waals surface area (Å²) >= 11 is 0. The van der Waals surface area contributed by atoms with Crippen molar-refractivity contribution in [1.29, 1.82) is 0 Å². The van der Waals surface area contributed by atoms with Gasteiger partial charge in [-0.15, -0.1) is 6.58 Å². The van der Waals surface area contributed by atoms with E-state index in [2.05, 4.69) is 17.0 Å². The molecule has 0 aliphatic carbocycles. The van der Waals surface area contributed by atoms with Gasteiger partial charge in [-0.25, -0.2) is 0 Å². The average Bonchev–Trinajstić information content (AvgIpc) is 3.00. The Kier molecular flexibility index (Phi) is 4.53. The van der Waals surface area contributed by atoms with Crippen LogP contribution in [0.2, 0.25) is 0 Å². The Morgan fingerprint density at radius 2 is 2.27 bits per heavy atom. The summed E-state index contributed by atoms with van der Waals surface area (Å²) in [5.41, 5.74) is 0.258. The largest absolute Gasteiger partial charge is 0.408 e. The van der Waals surface area contributed by atoms with E-state index >= 15 is 0 Å². The van der Waals surface area contributed by atoms with Crippen LogP contribution in [0.4, 0.5) is 18.9 Å². The van der Waals surface area contributed by atoms with E-state index < -0.39 is 18.6 Å². The first-order valence-electron chi connectivity index (χ1n) is 6.58. The van der Waals surface area contributed by atoms with Crippen molar-refractivity contribution in [3.05, 3.63) is 25.0 Å². The Bertz CT molecular complexity index is 582. The zero-order chi connectivity index (χ0) is 16.3. The van der Waals surface area contributed by atoms with Crippen LogP contribution < -0.4 is 10.2 Å². The number of carbonyl (C=O) groups is 2. The van der Waals surface area contributed by atoms with Gasteiger partial charge in [-0.05, 0) is 0 Å². The van der Waals surface area contributed by atoms with Crippen molar-refractivity contribution in [3.63, 3.8) is 0 Å². The number of nitrogens with one attached hydrogen (secondary N) is 1. The molecule has 0 radical (unpaired) electrons. The third-order valence-corrected chi connectivity index (χ3v) is 3.19. The Balaban J connectivity index is 2.02. The molecule has 0 saturated carbocycles. The van der Waals surface area contributed by atoms with Crippen LogP contribution in [0.3, 0.4) is 0 Å². The highest BCUT2D eigenvalue weighted by atomic mass is 19.4. The summed E-state index contributed by atoms with van der Waals surface area (Å²) in [6, 6.07) is 0. The molecule has 2 amide bonds. The molecule has 22 heavy (non-hydrogen) atoms. The molecule has 1 aromatic heterocycles. The molecule has 2 heterocycles. The lowest BCUT2D eigenvalue weighted by Gasteiger charge is -2.14. The first-order chi connectivity index (χ1) is 10.3. The van der Waals surface area contributed by atoms with E-state index in [0.717, 1.165) is 6.20 Å². The SMILES string of the molecule is C=CCNC(=O)[C@@H]1CC(=O)N(c2cnn(CC(F)(F)F)c2)C1. The van der Waals surface area contributed by atoms with Crippen LogP contribution in [0.15, 0.2) is 25.0 Å². The molecule has 6 nitrogen and oxygen atoms in total. The van der Waals surface area contributed by atoms with Gasteiger partial charge in [0.15, 0.2) is 0 Å². The van der Waals surface area contributed by atoms with Crippen molar-refractivity contribution in [2.45, 2.75) is 19.1 Å². The minimum absolute atomic E-state index is 0.0213. The van der Waals surface area contributed by atoms with E-state index in [9.17, 15) is 22.8 Å². The quantitative estimate of drug-likeness (QED) is 0.827. The van der Waals surface area contributed by atoms with Gasteiger partial charge in [0.25, 0.3) is 0 Å². The summed E-state index contributed by atoms with van der Waals surface area (Å²) in [4.78, 5) is 25.0. The number of rotatable bonds is 5. The predicted molar refractivity (Wildman–Crippen MR) is 71.9 cm³/mol. The maximum absolute atomic E-state index is 12.3. The monoisotopic (exact) mass is 316 g/mol. The summed E-state index contributed by atoms with van der Waals surface area (Å²) in [6.45, 7) is 2.67. The van der Waals surface area contributed by atoms with Crippen molar-refractivity contribution in [3.8, 4) is 0 Å². The van der Waals surface area contributed by atoms with E-state index in [4.69, 9.17) is 0 Å². The maximum Gasteiger partial charge on any atom is 0.408 e. The number of alkyl halides is 3. The van der Waals surface area contributed by atoms with Gasteiger partial charge in [-0.1, -0.05) is 6.08 Å². The van der Waals surface area contributed by atoms with Crippen LogP contribution in [0.1, 0.15) is 6.42 Å². The number of carbonyl (C=O) groups excluding carboxylic acids is 2. The van der Waals surface area contributed by atoms with Gasteiger partial charge in [-0.3, -0.25) is 14.3 Å². The van der Waals surface area contributed by atoms with Crippen molar-refractivity contribution in [2.75, 3.05) is 18.0 Å². The number of amides is 2.